The smallest absolute Gasteiger partial charge is 0.415 e. The number of ether oxygens (including phenoxy) is 3. The number of benzene rings is 2. The van der Waals surface area contributed by atoms with Crippen LogP contribution in [-0.2, 0) is 11.2 Å². The van der Waals surface area contributed by atoms with Crippen molar-refractivity contribution in [2.45, 2.75) is 40.2 Å². The quantitative estimate of drug-likeness (QED) is 0.699. The summed E-state index contributed by atoms with van der Waals surface area (Å²) in [6.45, 7) is 10.8. The summed E-state index contributed by atoms with van der Waals surface area (Å²) in [6.07, 6.45) is -0.314. The zero-order valence-electron chi connectivity index (χ0n) is 20.0. The molecule has 176 valence electrons. The van der Waals surface area contributed by atoms with Gasteiger partial charge in [-0.15, -0.1) is 0 Å². The maximum atomic E-state index is 13.1. The molecule has 7 nitrogen and oxygen atoms in total. The first-order valence-electron chi connectivity index (χ1n) is 11.4. The van der Waals surface area contributed by atoms with E-state index >= 15 is 0 Å². The third-order valence-corrected chi connectivity index (χ3v) is 6.29. The zero-order valence-corrected chi connectivity index (χ0v) is 20.0. The van der Waals surface area contributed by atoms with Crippen molar-refractivity contribution in [2.75, 3.05) is 33.3 Å². The van der Waals surface area contributed by atoms with E-state index in [1.165, 1.54) is 0 Å². The Morgan fingerprint density at radius 2 is 1.91 bits per heavy atom. The second-order valence-corrected chi connectivity index (χ2v) is 9.73. The molecule has 0 saturated carbocycles. The van der Waals surface area contributed by atoms with Crippen LogP contribution >= 0.6 is 0 Å². The molecule has 2 aromatic rings. The minimum Gasteiger partial charge on any atom is -0.497 e. The molecule has 1 N–H and O–H groups in total. The average Bonchev–Trinajstić information content (AvgIpc) is 3.14. The minimum atomic E-state index is -0.400. The Labute approximate surface area is 195 Å². The van der Waals surface area contributed by atoms with Gasteiger partial charge in [-0.05, 0) is 36.2 Å². The Balaban J connectivity index is 1.76. The molecule has 33 heavy (non-hydrogen) atoms. The molecule has 0 bridgehead atoms. The van der Waals surface area contributed by atoms with Crippen LogP contribution in [0.2, 0.25) is 0 Å². The van der Waals surface area contributed by atoms with E-state index in [4.69, 9.17) is 14.2 Å². The highest BCUT2D eigenvalue weighted by Gasteiger charge is 2.41. The summed E-state index contributed by atoms with van der Waals surface area (Å²) >= 11 is 0. The number of fused-ring (bicyclic) bond motifs is 1. The van der Waals surface area contributed by atoms with E-state index in [-0.39, 0.29) is 17.5 Å². The SMILES string of the molecule is COc1ccc(Cc2c(OC(=O)N3CCNCC3)ccc3c2C(=O)OC3C(C)(C)C)c(C)c1. The number of hydrogen-bond donors (Lipinski definition) is 1. The largest absolute Gasteiger partial charge is 0.497 e. The lowest BCUT2D eigenvalue weighted by Crippen LogP contribution is -2.47. The van der Waals surface area contributed by atoms with Crippen LogP contribution in [-0.4, -0.2) is 50.3 Å². The maximum Gasteiger partial charge on any atom is 0.415 e. The maximum absolute atomic E-state index is 13.1. The molecule has 2 aromatic carbocycles. The molecule has 0 spiro atoms. The highest BCUT2D eigenvalue weighted by molar-refractivity contribution is 5.97. The van der Waals surface area contributed by atoms with Crippen LogP contribution in [0.5, 0.6) is 11.5 Å². The Morgan fingerprint density at radius 1 is 1.18 bits per heavy atom. The predicted octanol–water partition coefficient (Wildman–Crippen LogP) is 4.26. The van der Waals surface area contributed by atoms with E-state index in [1.807, 2.05) is 52.0 Å². The summed E-state index contributed by atoms with van der Waals surface area (Å²) in [7, 11) is 1.63. The summed E-state index contributed by atoms with van der Waals surface area (Å²) < 4.78 is 17.0. The van der Waals surface area contributed by atoms with Crippen LogP contribution in [0.4, 0.5) is 4.79 Å². The number of cyclic esters (lactones) is 1. The highest BCUT2D eigenvalue weighted by atomic mass is 16.6. The van der Waals surface area contributed by atoms with Gasteiger partial charge in [0.25, 0.3) is 0 Å². The zero-order chi connectivity index (χ0) is 23.8. The standard InChI is InChI=1S/C26H32N2O5/c1-16-14-18(31-5)7-6-17(16)15-20-21(32-25(30)28-12-10-27-11-13-28)9-8-19-22(20)24(29)33-23(19)26(2,3)4/h6-9,14,23,27H,10-13,15H2,1-5H3. The summed E-state index contributed by atoms with van der Waals surface area (Å²) in [5.41, 5.74) is 3.83. The van der Waals surface area contributed by atoms with Crippen LogP contribution in [0.25, 0.3) is 0 Å². The minimum absolute atomic E-state index is 0.257. The van der Waals surface area contributed by atoms with E-state index in [0.29, 0.717) is 36.4 Å². The van der Waals surface area contributed by atoms with Gasteiger partial charge in [-0.3, -0.25) is 0 Å². The monoisotopic (exact) mass is 452 g/mol. The Morgan fingerprint density at radius 3 is 2.55 bits per heavy atom. The van der Waals surface area contributed by atoms with Crippen molar-refractivity contribution in [1.82, 2.24) is 10.2 Å². The topological polar surface area (TPSA) is 77.1 Å². The lowest BCUT2D eigenvalue weighted by atomic mass is 9.82. The first kappa shape index (κ1) is 23.1. The van der Waals surface area contributed by atoms with Gasteiger partial charge in [0.05, 0.1) is 12.7 Å². The van der Waals surface area contributed by atoms with Crippen molar-refractivity contribution < 1.29 is 23.8 Å². The van der Waals surface area contributed by atoms with E-state index < -0.39 is 6.09 Å². The summed E-state index contributed by atoms with van der Waals surface area (Å²) in [5, 5.41) is 3.23. The van der Waals surface area contributed by atoms with Gasteiger partial charge in [-0.2, -0.15) is 0 Å². The molecule has 1 saturated heterocycles. The second-order valence-electron chi connectivity index (χ2n) is 9.73. The number of carbonyl (C=O) groups excluding carboxylic acids is 2. The Hall–Kier alpha value is -3.06. The molecule has 0 aliphatic carbocycles. The predicted molar refractivity (Wildman–Crippen MR) is 125 cm³/mol. The van der Waals surface area contributed by atoms with Crippen molar-refractivity contribution >= 4 is 12.1 Å². The average molecular weight is 453 g/mol. The highest BCUT2D eigenvalue weighted by Crippen LogP contribution is 2.46. The van der Waals surface area contributed by atoms with Crippen molar-refractivity contribution in [3.63, 3.8) is 0 Å². The summed E-state index contributed by atoms with van der Waals surface area (Å²) in [5.74, 6) is 0.803. The van der Waals surface area contributed by atoms with Gasteiger partial charge in [0.2, 0.25) is 0 Å². The van der Waals surface area contributed by atoms with Gasteiger partial charge in [-0.25, -0.2) is 9.59 Å². The lowest BCUT2D eigenvalue weighted by Gasteiger charge is -2.27. The van der Waals surface area contributed by atoms with Gasteiger partial charge in [-0.1, -0.05) is 32.9 Å². The van der Waals surface area contributed by atoms with Crippen molar-refractivity contribution in [3.8, 4) is 11.5 Å². The summed E-state index contributed by atoms with van der Waals surface area (Å²) in [6, 6.07) is 9.50. The third-order valence-electron chi connectivity index (χ3n) is 6.29. The van der Waals surface area contributed by atoms with Crippen molar-refractivity contribution in [1.29, 1.82) is 0 Å². The van der Waals surface area contributed by atoms with Crippen molar-refractivity contribution in [3.05, 3.63) is 58.1 Å². The molecule has 1 fully saturated rings. The van der Waals surface area contributed by atoms with Gasteiger partial charge in [0, 0.05) is 49.1 Å². The lowest BCUT2D eigenvalue weighted by molar-refractivity contribution is 0.00774. The van der Waals surface area contributed by atoms with E-state index in [2.05, 4.69) is 5.32 Å². The number of piperazine rings is 1. The van der Waals surface area contributed by atoms with Crippen LogP contribution in [0, 0.1) is 12.3 Å². The third kappa shape index (κ3) is 4.69. The molecule has 2 heterocycles. The normalized spacial score (nSPS) is 18.0. The first-order valence-corrected chi connectivity index (χ1v) is 11.4. The fourth-order valence-electron chi connectivity index (χ4n) is 4.44. The molecule has 4 rings (SSSR count). The number of hydrogen-bond acceptors (Lipinski definition) is 6. The Kier molecular flexibility index (Phi) is 6.34. The molecule has 0 aromatic heterocycles. The number of methoxy groups -OCH3 is 1. The fraction of sp³-hybridized carbons (Fsp3) is 0.462. The number of aryl methyl sites for hydroxylation is 1. The van der Waals surface area contributed by atoms with Gasteiger partial charge >= 0.3 is 12.1 Å². The number of nitrogens with one attached hydrogen (secondary N) is 1. The van der Waals surface area contributed by atoms with Gasteiger partial charge < -0.3 is 24.4 Å². The van der Waals surface area contributed by atoms with Crippen molar-refractivity contribution in [2.24, 2.45) is 5.41 Å². The Bertz CT molecular complexity index is 1070. The molecule has 2 aliphatic heterocycles. The fourth-order valence-corrected chi connectivity index (χ4v) is 4.44. The molecular weight excluding hydrogens is 420 g/mol. The first-order chi connectivity index (χ1) is 15.7. The molecular formula is C26H32N2O5. The van der Waals surface area contributed by atoms with Crippen LogP contribution < -0.4 is 14.8 Å². The molecule has 1 amide bonds. The number of esters is 1. The molecule has 1 atom stereocenters. The number of amides is 1. The van der Waals surface area contributed by atoms with E-state index in [9.17, 15) is 9.59 Å². The summed E-state index contributed by atoms with van der Waals surface area (Å²) in [4.78, 5) is 27.6. The van der Waals surface area contributed by atoms with E-state index in [0.717, 1.165) is 35.5 Å². The number of nitrogens with zero attached hydrogens (tertiary/aromatic N) is 1. The molecule has 1 unspecified atom stereocenters. The number of rotatable bonds is 4. The second kappa shape index (κ2) is 9.06. The van der Waals surface area contributed by atoms with Crippen LogP contribution in [0.15, 0.2) is 30.3 Å². The van der Waals surface area contributed by atoms with Crippen LogP contribution in [0.3, 0.4) is 0 Å². The molecule has 7 heteroatoms. The number of carbonyl (C=O) groups is 2. The van der Waals surface area contributed by atoms with Gasteiger partial charge in [0.15, 0.2) is 0 Å². The van der Waals surface area contributed by atoms with Gasteiger partial charge in [0.1, 0.15) is 17.6 Å². The van der Waals surface area contributed by atoms with Crippen LogP contribution in [0.1, 0.15) is 59.5 Å². The van der Waals surface area contributed by atoms with E-state index in [1.54, 1.807) is 18.1 Å². The molecule has 0 radical (unpaired) electrons. The molecule has 2 aliphatic rings.